The van der Waals surface area contributed by atoms with Gasteiger partial charge in [-0.3, -0.25) is 0 Å². The summed E-state index contributed by atoms with van der Waals surface area (Å²) >= 11 is 0. The number of nitrogens with zero attached hydrogens (tertiary/aromatic N) is 1. The molecule has 0 aliphatic rings. The normalized spacial score (nSPS) is 12.1. The van der Waals surface area contributed by atoms with Crippen LogP contribution in [0.1, 0.15) is 12.1 Å². The summed E-state index contributed by atoms with van der Waals surface area (Å²) in [5.41, 5.74) is 3.05. The van der Waals surface area contributed by atoms with Crippen molar-refractivity contribution in [2.24, 2.45) is 5.14 Å². The second kappa shape index (κ2) is 3.66. The zero-order valence-electron chi connectivity index (χ0n) is 7.12. The number of sulfonamides is 1. The maximum atomic E-state index is 12.9. The van der Waals surface area contributed by atoms with Crippen molar-refractivity contribution in [1.29, 1.82) is 0 Å². The van der Waals surface area contributed by atoms with E-state index in [9.17, 15) is 21.6 Å². The maximum absolute atomic E-state index is 12.9. The van der Waals surface area contributed by atoms with Crippen LogP contribution in [0, 0.1) is 5.82 Å². The van der Waals surface area contributed by atoms with Crippen molar-refractivity contribution in [3.8, 4) is 0 Å². The van der Waals surface area contributed by atoms with E-state index in [1.807, 2.05) is 0 Å². The Hall–Kier alpha value is -1.35. The first-order valence-corrected chi connectivity index (χ1v) is 5.04. The number of alkyl halides is 2. The molecule has 0 amide bonds. The number of hydrogen-bond donors (Lipinski definition) is 2. The summed E-state index contributed by atoms with van der Waals surface area (Å²) in [6, 6.07) is 0. The van der Waals surface area contributed by atoms with E-state index in [1.165, 1.54) is 0 Å². The largest absolute Gasteiger partial charge is 0.396 e. The number of aromatic nitrogens is 1. The fourth-order valence-electron chi connectivity index (χ4n) is 0.962. The summed E-state index contributed by atoms with van der Waals surface area (Å²) < 4.78 is 59.1. The lowest BCUT2D eigenvalue weighted by Crippen LogP contribution is -2.18. The SMILES string of the molecule is Nc1c(C(F)F)ncc(F)c1S(N)(=O)=O. The van der Waals surface area contributed by atoms with E-state index in [1.54, 1.807) is 0 Å². The molecule has 1 aromatic heterocycles. The molecule has 0 unspecified atom stereocenters. The second-order valence-electron chi connectivity index (χ2n) is 2.58. The van der Waals surface area contributed by atoms with E-state index in [0.29, 0.717) is 6.20 Å². The van der Waals surface area contributed by atoms with Gasteiger partial charge in [-0.15, -0.1) is 0 Å². The number of halogens is 3. The van der Waals surface area contributed by atoms with Crippen LogP contribution in [0.2, 0.25) is 0 Å². The number of nitrogen functional groups attached to an aromatic ring is 1. The quantitative estimate of drug-likeness (QED) is 0.782. The minimum atomic E-state index is -4.49. The standard InChI is InChI=1S/C6H6F3N3O2S/c7-2-1-12-4(6(8)9)3(10)5(2)15(11,13)14/h1,6H,10H2,(H2,11,13,14). The molecule has 84 valence electrons. The third-order valence-corrected chi connectivity index (χ3v) is 2.53. The van der Waals surface area contributed by atoms with Gasteiger partial charge in [-0.05, 0) is 0 Å². The monoisotopic (exact) mass is 241 g/mol. The third kappa shape index (κ3) is 2.18. The minimum Gasteiger partial charge on any atom is -0.396 e. The molecule has 0 aromatic carbocycles. The van der Waals surface area contributed by atoms with Crippen molar-refractivity contribution in [3.05, 3.63) is 17.7 Å². The lowest BCUT2D eigenvalue weighted by molar-refractivity contribution is 0.146. The highest BCUT2D eigenvalue weighted by Gasteiger charge is 2.25. The van der Waals surface area contributed by atoms with Crippen molar-refractivity contribution in [2.45, 2.75) is 11.3 Å². The number of primary sulfonamides is 1. The lowest BCUT2D eigenvalue weighted by Gasteiger charge is -2.08. The van der Waals surface area contributed by atoms with Gasteiger partial charge in [-0.1, -0.05) is 0 Å². The summed E-state index contributed by atoms with van der Waals surface area (Å²) in [5.74, 6) is -1.36. The Morgan fingerprint density at radius 1 is 1.40 bits per heavy atom. The molecule has 0 spiro atoms. The van der Waals surface area contributed by atoms with E-state index < -0.39 is 38.5 Å². The molecule has 0 aliphatic heterocycles. The Kier molecular flexibility index (Phi) is 2.86. The van der Waals surface area contributed by atoms with Crippen LogP contribution in [0.15, 0.2) is 11.1 Å². The lowest BCUT2D eigenvalue weighted by atomic mass is 10.3. The molecule has 5 nitrogen and oxygen atoms in total. The van der Waals surface area contributed by atoms with Gasteiger partial charge in [0.25, 0.3) is 6.43 Å². The van der Waals surface area contributed by atoms with E-state index >= 15 is 0 Å². The van der Waals surface area contributed by atoms with Crippen LogP contribution in [0.25, 0.3) is 0 Å². The van der Waals surface area contributed by atoms with Crippen LogP contribution in [-0.4, -0.2) is 13.4 Å². The molecule has 0 saturated carbocycles. The summed E-state index contributed by atoms with van der Waals surface area (Å²) in [4.78, 5) is 1.82. The average molecular weight is 241 g/mol. The molecular weight excluding hydrogens is 235 g/mol. The maximum Gasteiger partial charge on any atom is 0.282 e. The molecule has 0 fully saturated rings. The van der Waals surface area contributed by atoms with E-state index in [4.69, 9.17) is 5.73 Å². The molecule has 1 aromatic rings. The molecule has 1 heterocycles. The summed E-state index contributed by atoms with van der Waals surface area (Å²) in [5, 5.41) is 4.61. The van der Waals surface area contributed by atoms with Crippen molar-refractivity contribution >= 4 is 15.7 Å². The first-order chi connectivity index (χ1) is 6.75. The van der Waals surface area contributed by atoms with Crippen LogP contribution in [0.3, 0.4) is 0 Å². The average Bonchev–Trinajstić information content (AvgIpc) is 2.00. The van der Waals surface area contributed by atoms with Crippen LogP contribution >= 0.6 is 0 Å². The molecule has 9 heteroatoms. The number of pyridine rings is 1. The zero-order chi connectivity index (χ0) is 11.8. The summed E-state index contributed by atoms with van der Waals surface area (Å²) in [7, 11) is -4.49. The van der Waals surface area contributed by atoms with Crippen molar-refractivity contribution in [1.82, 2.24) is 4.98 Å². The Morgan fingerprint density at radius 3 is 2.33 bits per heavy atom. The summed E-state index contributed by atoms with van der Waals surface area (Å²) in [6.45, 7) is 0. The van der Waals surface area contributed by atoms with E-state index in [2.05, 4.69) is 10.1 Å². The van der Waals surface area contributed by atoms with Crippen molar-refractivity contribution in [3.63, 3.8) is 0 Å². The third-order valence-electron chi connectivity index (χ3n) is 1.55. The van der Waals surface area contributed by atoms with E-state index in [0.717, 1.165) is 0 Å². The fraction of sp³-hybridized carbons (Fsp3) is 0.167. The number of hydrogen-bond acceptors (Lipinski definition) is 4. The van der Waals surface area contributed by atoms with Gasteiger partial charge in [-0.2, -0.15) is 0 Å². The smallest absolute Gasteiger partial charge is 0.282 e. The van der Waals surface area contributed by atoms with Gasteiger partial charge in [0, 0.05) is 0 Å². The van der Waals surface area contributed by atoms with Gasteiger partial charge in [0.05, 0.1) is 11.9 Å². The van der Waals surface area contributed by atoms with Gasteiger partial charge >= 0.3 is 0 Å². The first kappa shape index (κ1) is 11.7. The molecule has 0 atom stereocenters. The molecular formula is C6H6F3N3O2S. The van der Waals surface area contributed by atoms with Crippen molar-refractivity contribution < 1.29 is 21.6 Å². The van der Waals surface area contributed by atoms with Gasteiger partial charge in [0.1, 0.15) is 10.6 Å². The van der Waals surface area contributed by atoms with Gasteiger partial charge in [0.15, 0.2) is 5.82 Å². The molecule has 0 radical (unpaired) electrons. The highest BCUT2D eigenvalue weighted by atomic mass is 32.2. The Labute approximate surface area is 83.0 Å². The van der Waals surface area contributed by atoms with Gasteiger partial charge < -0.3 is 5.73 Å². The second-order valence-corrected chi connectivity index (χ2v) is 4.08. The summed E-state index contributed by atoms with van der Waals surface area (Å²) in [6.07, 6.45) is -2.77. The van der Waals surface area contributed by atoms with Crippen molar-refractivity contribution in [2.75, 3.05) is 5.73 Å². The number of rotatable bonds is 2. The zero-order valence-corrected chi connectivity index (χ0v) is 7.93. The molecule has 0 aliphatic carbocycles. The predicted octanol–water partition coefficient (Wildman–Crippen LogP) is 0.388. The highest BCUT2D eigenvalue weighted by Crippen LogP contribution is 2.29. The molecule has 15 heavy (non-hydrogen) atoms. The van der Waals surface area contributed by atoms with Gasteiger partial charge in [0.2, 0.25) is 10.0 Å². The molecule has 1 rings (SSSR count). The topological polar surface area (TPSA) is 99.1 Å². The van der Waals surface area contributed by atoms with Gasteiger partial charge in [-0.25, -0.2) is 31.7 Å². The Morgan fingerprint density at radius 2 is 1.93 bits per heavy atom. The van der Waals surface area contributed by atoms with Crippen LogP contribution in [0.5, 0.6) is 0 Å². The molecule has 0 bridgehead atoms. The van der Waals surface area contributed by atoms with Crippen LogP contribution in [0.4, 0.5) is 18.9 Å². The number of nitrogens with two attached hydrogens (primary N) is 2. The minimum absolute atomic E-state index is 0.331. The van der Waals surface area contributed by atoms with Crippen LogP contribution < -0.4 is 10.9 Å². The Balaban J connectivity index is 3.59. The predicted molar refractivity (Wildman–Crippen MR) is 44.9 cm³/mol. The first-order valence-electron chi connectivity index (χ1n) is 3.50. The van der Waals surface area contributed by atoms with E-state index in [-0.39, 0.29) is 0 Å². The number of anilines is 1. The highest BCUT2D eigenvalue weighted by molar-refractivity contribution is 7.89. The molecule has 4 N–H and O–H groups in total. The Bertz CT molecular complexity index is 489. The van der Waals surface area contributed by atoms with Crippen LogP contribution in [-0.2, 0) is 10.0 Å². The fourth-order valence-corrected chi connectivity index (χ4v) is 1.70. The molecule has 0 saturated heterocycles.